The lowest BCUT2D eigenvalue weighted by Crippen LogP contribution is -1.89. The minimum atomic E-state index is 0.529. The fourth-order valence-corrected chi connectivity index (χ4v) is 2.38. The van der Waals surface area contributed by atoms with Crippen molar-refractivity contribution in [1.82, 2.24) is 20.1 Å². The molecule has 0 aliphatic heterocycles. The van der Waals surface area contributed by atoms with Crippen LogP contribution in [0.4, 0.5) is 0 Å². The first-order valence-corrected chi connectivity index (χ1v) is 7.86. The van der Waals surface area contributed by atoms with Crippen molar-refractivity contribution in [1.29, 1.82) is 5.26 Å². The molecular weight excluding hydrogens is 314 g/mol. The quantitative estimate of drug-likeness (QED) is 0.560. The zero-order valence-electron chi connectivity index (χ0n) is 14.0. The van der Waals surface area contributed by atoms with Gasteiger partial charge < -0.3 is 9.51 Å². The van der Waals surface area contributed by atoms with Gasteiger partial charge in [-0.05, 0) is 37.6 Å². The molecule has 0 spiro atoms. The van der Waals surface area contributed by atoms with Gasteiger partial charge >= 0.3 is 0 Å². The molecule has 0 aliphatic carbocycles. The van der Waals surface area contributed by atoms with Crippen molar-refractivity contribution in [2.45, 2.75) is 20.3 Å². The van der Waals surface area contributed by atoms with Crippen LogP contribution in [0.3, 0.4) is 0 Å². The molecule has 0 amide bonds. The predicted octanol–water partition coefficient (Wildman–Crippen LogP) is 4.13. The second kappa shape index (κ2) is 7.41. The van der Waals surface area contributed by atoms with Gasteiger partial charge in [0.1, 0.15) is 5.65 Å². The first-order valence-electron chi connectivity index (χ1n) is 7.86. The summed E-state index contributed by atoms with van der Waals surface area (Å²) in [5.41, 5.74) is 3.35. The van der Waals surface area contributed by atoms with Crippen LogP contribution in [0.15, 0.2) is 64.5 Å². The van der Waals surface area contributed by atoms with Crippen molar-refractivity contribution in [3.05, 3.63) is 65.9 Å². The van der Waals surface area contributed by atoms with E-state index in [1.54, 1.807) is 19.2 Å². The standard InChI is InChI=1S/C19H17N5O/c1-3-14(6-4-5-13(2)12-20)11-17-23-19(24-25-17)16-8-10-22-18-15(16)7-9-21-18/h3-10H,11H2,1-2H3,(H,21,22)/b6-4-,13-5+,14-3+. The van der Waals surface area contributed by atoms with Crippen LogP contribution in [0, 0.1) is 11.3 Å². The molecule has 0 saturated heterocycles. The van der Waals surface area contributed by atoms with E-state index in [1.165, 1.54) is 0 Å². The number of rotatable bonds is 5. The van der Waals surface area contributed by atoms with Crippen LogP contribution in [-0.4, -0.2) is 20.1 Å². The molecule has 3 rings (SSSR count). The normalized spacial score (nSPS) is 12.8. The van der Waals surface area contributed by atoms with E-state index in [0.29, 0.717) is 23.7 Å². The van der Waals surface area contributed by atoms with E-state index in [0.717, 1.165) is 22.2 Å². The molecule has 3 aromatic heterocycles. The van der Waals surface area contributed by atoms with E-state index in [1.807, 2.05) is 43.5 Å². The smallest absolute Gasteiger partial charge is 0.231 e. The molecule has 0 radical (unpaired) electrons. The van der Waals surface area contributed by atoms with Gasteiger partial charge in [0.05, 0.1) is 12.5 Å². The summed E-state index contributed by atoms with van der Waals surface area (Å²) in [6, 6.07) is 5.90. The molecule has 1 N–H and O–H groups in total. The number of pyridine rings is 1. The van der Waals surface area contributed by atoms with Gasteiger partial charge in [-0.3, -0.25) is 0 Å². The summed E-state index contributed by atoms with van der Waals surface area (Å²) in [5, 5.41) is 13.8. The molecule has 0 bridgehead atoms. The van der Waals surface area contributed by atoms with Gasteiger partial charge in [0, 0.05) is 28.9 Å². The average molecular weight is 331 g/mol. The number of hydrogen-bond donors (Lipinski definition) is 1. The van der Waals surface area contributed by atoms with Crippen LogP contribution in [0.2, 0.25) is 0 Å². The van der Waals surface area contributed by atoms with Crippen molar-refractivity contribution in [2.75, 3.05) is 0 Å². The second-order valence-electron chi connectivity index (χ2n) is 5.47. The second-order valence-corrected chi connectivity index (χ2v) is 5.47. The molecule has 0 aliphatic rings. The Bertz CT molecular complexity index is 1010. The highest BCUT2D eigenvalue weighted by Crippen LogP contribution is 2.24. The summed E-state index contributed by atoms with van der Waals surface area (Å²) in [6.45, 7) is 3.71. The van der Waals surface area contributed by atoms with Crippen molar-refractivity contribution in [3.63, 3.8) is 0 Å². The highest BCUT2D eigenvalue weighted by Gasteiger charge is 2.13. The average Bonchev–Trinajstić information content (AvgIpc) is 3.29. The molecule has 124 valence electrons. The topological polar surface area (TPSA) is 91.4 Å². The number of aromatic nitrogens is 4. The van der Waals surface area contributed by atoms with E-state index in [2.05, 4.69) is 26.2 Å². The third-order valence-electron chi connectivity index (χ3n) is 3.73. The molecule has 0 atom stereocenters. The Morgan fingerprint density at radius 3 is 3.08 bits per heavy atom. The molecule has 6 heteroatoms. The summed E-state index contributed by atoms with van der Waals surface area (Å²) < 4.78 is 5.39. The van der Waals surface area contributed by atoms with E-state index in [-0.39, 0.29) is 0 Å². The lowest BCUT2D eigenvalue weighted by molar-refractivity contribution is 0.385. The lowest BCUT2D eigenvalue weighted by Gasteiger charge is -1.96. The van der Waals surface area contributed by atoms with Crippen molar-refractivity contribution < 1.29 is 4.52 Å². The summed E-state index contributed by atoms with van der Waals surface area (Å²) in [6.07, 6.45) is 11.6. The van der Waals surface area contributed by atoms with Crippen LogP contribution < -0.4 is 0 Å². The van der Waals surface area contributed by atoms with Crippen LogP contribution in [0.1, 0.15) is 19.7 Å². The maximum Gasteiger partial charge on any atom is 0.231 e. The molecule has 6 nitrogen and oxygen atoms in total. The number of allylic oxidation sites excluding steroid dienone is 6. The van der Waals surface area contributed by atoms with Gasteiger partial charge in [-0.1, -0.05) is 23.4 Å². The van der Waals surface area contributed by atoms with Crippen LogP contribution >= 0.6 is 0 Å². The minimum absolute atomic E-state index is 0.529. The molecule has 0 fully saturated rings. The third-order valence-corrected chi connectivity index (χ3v) is 3.73. The molecule has 3 aromatic rings. The molecule has 0 unspecified atom stereocenters. The Hall–Kier alpha value is -3.46. The lowest BCUT2D eigenvalue weighted by atomic mass is 10.1. The highest BCUT2D eigenvalue weighted by molar-refractivity contribution is 5.90. The largest absolute Gasteiger partial charge is 0.346 e. The van der Waals surface area contributed by atoms with Crippen LogP contribution in [0.5, 0.6) is 0 Å². The number of nitrogens with one attached hydrogen (secondary N) is 1. The fraction of sp³-hybridized carbons (Fsp3) is 0.158. The molecule has 0 saturated carbocycles. The van der Waals surface area contributed by atoms with Crippen molar-refractivity contribution in [2.24, 2.45) is 0 Å². The van der Waals surface area contributed by atoms with Gasteiger partial charge in [0.25, 0.3) is 0 Å². The zero-order valence-corrected chi connectivity index (χ0v) is 14.0. The Kier molecular flexibility index (Phi) is 4.86. The molecule has 3 heterocycles. The third kappa shape index (κ3) is 3.72. The summed E-state index contributed by atoms with van der Waals surface area (Å²) >= 11 is 0. The highest BCUT2D eigenvalue weighted by atomic mass is 16.5. The van der Waals surface area contributed by atoms with E-state index >= 15 is 0 Å². The Morgan fingerprint density at radius 1 is 1.40 bits per heavy atom. The SMILES string of the molecule is C\C=C(/C=C\C=C(/C)C#N)Cc1nc(-c2ccnc3[nH]ccc23)no1. The Morgan fingerprint density at radius 2 is 2.28 bits per heavy atom. The summed E-state index contributed by atoms with van der Waals surface area (Å²) in [4.78, 5) is 11.8. The Labute approximate surface area is 145 Å². The first-order chi connectivity index (χ1) is 12.2. The number of aromatic amines is 1. The van der Waals surface area contributed by atoms with E-state index < -0.39 is 0 Å². The maximum atomic E-state index is 8.76. The van der Waals surface area contributed by atoms with Gasteiger partial charge in [0.15, 0.2) is 0 Å². The maximum absolute atomic E-state index is 8.76. The number of nitrogens with zero attached hydrogens (tertiary/aromatic N) is 4. The summed E-state index contributed by atoms with van der Waals surface area (Å²) in [7, 11) is 0. The monoisotopic (exact) mass is 331 g/mol. The predicted molar refractivity (Wildman–Crippen MR) is 95.4 cm³/mol. The van der Waals surface area contributed by atoms with Gasteiger partial charge in [0.2, 0.25) is 11.7 Å². The van der Waals surface area contributed by atoms with Gasteiger partial charge in [-0.25, -0.2) is 4.98 Å². The molecular formula is C19H17N5O. The number of fused-ring (bicyclic) bond motifs is 1. The number of hydrogen-bond acceptors (Lipinski definition) is 5. The number of nitriles is 1. The van der Waals surface area contributed by atoms with E-state index in [9.17, 15) is 0 Å². The number of H-pyrrole nitrogens is 1. The fourth-order valence-electron chi connectivity index (χ4n) is 2.38. The van der Waals surface area contributed by atoms with Crippen LogP contribution in [-0.2, 0) is 6.42 Å². The Balaban J connectivity index is 1.80. The van der Waals surface area contributed by atoms with Gasteiger partial charge in [-0.2, -0.15) is 10.2 Å². The van der Waals surface area contributed by atoms with Crippen LogP contribution in [0.25, 0.3) is 22.4 Å². The van der Waals surface area contributed by atoms with E-state index in [4.69, 9.17) is 9.78 Å². The zero-order chi connectivity index (χ0) is 17.6. The molecule has 25 heavy (non-hydrogen) atoms. The minimum Gasteiger partial charge on any atom is -0.346 e. The first kappa shape index (κ1) is 16.4. The summed E-state index contributed by atoms with van der Waals surface area (Å²) in [5.74, 6) is 1.08. The van der Waals surface area contributed by atoms with Crippen molar-refractivity contribution in [3.8, 4) is 17.5 Å². The van der Waals surface area contributed by atoms with Gasteiger partial charge in [-0.15, -0.1) is 0 Å². The molecule has 0 aromatic carbocycles. The van der Waals surface area contributed by atoms with Crippen molar-refractivity contribution >= 4 is 11.0 Å².